The fourth-order valence-corrected chi connectivity index (χ4v) is 4.01. The quantitative estimate of drug-likeness (QED) is 0.112. The normalized spacial score (nSPS) is 11.1. The zero-order valence-corrected chi connectivity index (χ0v) is 23.6. The standard InChI is InChI=1S/C29H59N3O4/c1-2-3-4-5-6-7-8-9-10-11-12-13-14-19-28(33)31-22-17-26-36-27-18-23-32-29(34)20-15-24-35-25-16-21-30/h2-27,30H2,1H3,(H,31,33)(H,32,34). The second kappa shape index (κ2) is 30.0. The Bertz CT molecular complexity index is 477. The van der Waals surface area contributed by atoms with Crippen molar-refractivity contribution in [2.45, 2.75) is 129 Å². The van der Waals surface area contributed by atoms with Crippen molar-refractivity contribution < 1.29 is 19.1 Å². The van der Waals surface area contributed by atoms with Crippen molar-refractivity contribution in [2.75, 3.05) is 46.1 Å². The summed E-state index contributed by atoms with van der Waals surface area (Å²) in [5.41, 5.74) is 5.40. The Balaban J connectivity index is 3.23. The first-order valence-corrected chi connectivity index (χ1v) is 15.1. The molecule has 0 atom stereocenters. The highest BCUT2D eigenvalue weighted by Gasteiger charge is 2.02. The number of ether oxygens (including phenoxy) is 2. The predicted molar refractivity (Wildman–Crippen MR) is 150 cm³/mol. The van der Waals surface area contributed by atoms with Crippen LogP contribution in [0.4, 0.5) is 0 Å². The van der Waals surface area contributed by atoms with E-state index in [-0.39, 0.29) is 11.8 Å². The number of hydrogen-bond donors (Lipinski definition) is 3. The van der Waals surface area contributed by atoms with Gasteiger partial charge in [-0.1, -0.05) is 84.0 Å². The van der Waals surface area contributed by atoms with E-state index in [2.05, 4.69) is 17.6 Å². The number of nitrogens with two attached hydrogens (primary N) is 1. The van der Waals surface area contributed by atoms with Gasteiger partial charge in [0.25, 0.3) is 0 Å². The zero-order valence-electron chi connectivity index (χ0n) is 23.6. The third-order valence-corrected chi connectivity index (χ3v) is 6.27. The van der Waals surface area contributed by atoms with E-state index >= 15 is 0 Å². The molecule has 0 aromatic rings. The summed E-state index contributed by atoms with van der Waals surface area (Å²) in [7, 11) is 0. The Labute approximate surface area is 222 Å². The van der Waals surface area contributed by atoms with E-state index in [0.29, 0.717) is 58.9 Å². The summed E-state index contributed by atoms with van der Waals surface area (Å²) in [6, 6.07) is 0. The maximum Gasteiger partial charge on any atom is 0.220 e. The molecule has 0 unspecified atom stereocenters. The van der Waals surface area contributed by atoms with Gasteiger partial charge < -0.3 is 25.8 Å². The van der Waals surface area contributed by atoms with Crippen LogP contribution < -0.4 is 16.4 Å². The Kier molecular flexibility index (Phi) is 29.1. The topological polar surface area (TPSA) is 103 Å². The van der Waals surface area contributed by atoms with Gasteiger partial charge in [-0.15, -0.1) is 0 Å². The number of amides is 2. The summed E-state index contributed by atoms with van der Waals surface area (Å²) < 4.78 is 11.0. The molecule has 0 spiro atoms. The van der Waals surface area contributed by atoms with E-state index < -0.39 is 0 Å². The van der Waals surface area contributed by atoms with Crippen LogP contribution in [0, 0.1) is 0 Å². The van der Waals surface area contributed by atoms with Crippen molar-refractivity contribution in [3.05, 3.63) is 0 Å². The van der Waals surface area contributed by atoms with Gasteiger partial charge >= 0.3 is 0 Å². The average molecular weight is 514 g/mol. The molecule has 0 fully saturated rings. The first-order chi connectivity index (χ1) is 17.7. The fourth-order valence-electron chi connectivity index (χ4n) is 4.01. The Hall–Kier alpha value is -1.18. The largest absolute Gasteiger partial charge is 0.381 e. The molecule has 0 aliphatic heterocycles. The third kappa shape index (κ3) is 29.1. The molecule has 0 aliphatic carbocycles. The smallest absolute Gasteiger partial charge is 0.220 e. The summed E-state index contributed by atoms with van der Waals surface area (Å²) >= 11 is 0. The molecule has 36 heavy (non-hydrogen) atoms. The lowest BCUT2D eigenvalue weighted by molar-refractivity contribution is -0.122. The van der Waals surface area contributed by atoms with E-state index in [1.165, 1.54) is 70.6 Å². The minimum Gasteiger partial charge on any atom is -0.381 e. The molecule has 2 amide bonds. The Morgan fingerprint density at radius 1 is 0.528 bits per heavy atom. The molecule has 4 N–H and O–H groups in total. The minimum absolute atomic E-state index is 0.0589. The lowest BCUT2D eigenvalue weighted by atomic mass is 10.0. The molecule has 0 rings (SSSR count). The van der Waals surface area contributed by atoms with Crippen LogP contribution in [-0.4, -0.2) is 57.9 Å². The van der Waals surface area contributed by atoms with E-state index in [9.17, 15) is 9.59 Å². The van der Waals surface area contributed by atoms with Crippen LogP contribution in [0.1, 0.15) is 129 Å². The predicted octanol–water partition coefficient (Wildman–Crippen LogP) is 5.64. The number of unbranched alkanes of at least 4 members (excludes halogenated alkanes) is 12. The van der Waals surface area contributed by atoms with Crippen molar-refractivity contribution in [1.82, 2.24) is 10.6 Å². The number of carbonyl (C=O) groups is 2. The van der Waals surface area contributed by atoms with Gasteiger partial charge in [0.15, 0.2) is 0 Å². The molecule has 0 aliphatic rings. The van der Waals surface area contributed by atoms with E-state index in [4.69, 9.17) is 15.2 Å². The van der Waals surface area contributed by atoms with Gasteiger partial charge in [0.1, 0.15) is 0 Å². The highest BCUT2D eigenvalue weighted by molar-refractivity contribution is 5.76. The summed E-state index contributed by atoms with van der Waals surface area (Å²) in [4.78, 5) is 23.6. The van der Waals surface area contributed by atoms with Crippen LogP contribution >= 0.6 is 0 Å². The Morgan fingerprint density at radius 3 is 1.39 bits per heavy atom. The molecule has 0 aromatic carbocycles. The van der Waals surface area contributed by atoms with E-state index in [1.807, 2.05) is 0 Å². The van der Waals surface area contributed by atoms with Gasteiger partial charge in [0.05, 0.1) is 0 Å². The van der Waals surface area contributed by atoms with Crippen LogP contribution in [-0.2, 0) is 19.1 Å². The first-order valence-electron chi connectivity index (χ1n) is 15.1. The number of rotatable bonds is 29. The van der Waals surface area contributed by atoms with Crippen molar-refractivity contribution in [2.24, 2.45) is 5.73 Å². The second-order valence-electron chi connectivity index (χ2n) is 9.87. The molecule has 0 radical (unpaired) electrons. The van der Waals surface area contributed by atoms with Crippen LogP contribution in [0.3, 0.4) is 0 Å². The zero-order chi connectivity index (χ0) is 26.4. The highest BCUT2D eigenvalue weighted by atomic mass is 16.5. The van der Waals surface area contributed by atoms with Gasteiger partial charge in [-0.05, 0) is 38.6 Å². The van der Waals surface area contributed by atoms with Crippen LogP contribution in [0.15, 0.2) is 0 Å². The summed E-state index contributed by atoms with van der Waals surface area (Å²) in [5, 5.41) is 5.89. The molecular formula is C29H59N3O4. The first kappa shape index (κ1) is 34.8. The van der Waals surface area contributed by atoms with Crippen LogP contribution in [0.2, 0.25) is 0 Å². The molecule has 0 saturated carbocycles. The second-order valence-corrected chi connectivity index (χ2v) is 9.87. The van der Waals surface area contributed by atoms with Gasteiger partial charge in [-0.25, -0.2) is 0 Å². The molecule has 214 valence electrons. The van der Waals surface area contributed by atoms with Crippen LogP contribution in [0.5, 0.6) is 0 Å². The molecule has 7 heteroatoms. The molecule has 0 heterocycles. The van der Waals surface area contributed by atoms with Gasteiger partial charge in [0.2, 0.25) is 11.8 Å². The summed E-state index contributed by atoms with van der Waals surface area (Å²) in [5.74, 6) is 0.217. The van der Waals surface area contributed by atoms with E-state index in [0.717, 1.165) is 38.5 Å². The molecule has 7 nitrogen and oxygen atoms in total. The lowest BCUT2D eigenvalue weighted by Gasteiger charge is -2.08. The maximum atomic E-state index is 11.9. The van der Waals surface area contributed by atoms with Crippen molar-refractivity contribution in [3.8, 4) is 0 Å². The number of carbonyl (C=O) groups excluding carboxylic acids is 2. The maximum absolute atomic E-state index is 11.9. The van der Waals surface area contributed by atoms with Gasteiger partial charge in [-0.3, -0.25) is 9.59 Å². The fraction of sp³-hybridized carbons (Fsp3) is 0.931. The number of nitrogens with one attached hydrogen (secondary N) is 2. The number of hydrogen-bond acceptors (Lipinski definition) is 5. The third-order valence-electron chi connectivity index (χ3n) is 6.27. The highest BCUT2D eigenvalue weighted by Crippen LogP contribution is 2.12. The molecule has 0 aromatic heterocycles. The lowest BCUT2D eigenvalue weighted by Crippen LogP contribution is -2.26. The average Bonchev–Trinajstić information content (AvgIpc) is 2.87. The van der Waals surface area contributed by atoms with Crippen molar-refractivity contribution in [3.63, 3.8) is 0 Å². The monoisotopic (exact) mass is 513 g/mol. The summed E-state index contributed by atoms with van der Waals surface area (Å²) in [6.45, 7) is 6.72. The van der Waals surface area contributed by atoms with Crippen molar-refractivity contribution in [1.29, 1.82) is 0 Å². The minimum atomic E-state index is 0.0589. The molecular weight excluding hydrogens is 454 g/mol. The Morgan fingerprint density at radius 2 is 0.917 bits per heavy atom. The van der Waals surface area contributed by atoms with Gasteiger partial charge in [0, 0.05) is 52.4 Å². The van der Waals surface area contributed by atoms with E-state index in [1.54, 1.807) is 0 Å². The molecule has 0 saturated heterocycles. The van der Waals surface area contributed by atoms with Gasteiger partial charge in [-0.2, -0.15) is 0 Å². The van der Waals surface area contributed by atoms with Crippen LogP contribution in [0.25, 0.3) is 0 Å². The molecule has 0 bridgehead atoms. The summed E-state index contributed by atoms with van der Waals surface area (Å²) in [6.07, 6.45) is 21.5. The van der Waals surface area contributed by atoms with Crippen molar-refractivity contribution >= 4 is 11.8 Å². The SMILES string of the molecule is CCCCCCCCCCCCCCCC(=O)NCCCOCCCNC(=O)CCCOCCCN.